The van der Waals surface area contributed by atoms with Gasteiger partial charge in [-0.2, -0.15) is 26.3 Å². The molecule has 1 saturated carbocycles. The smallest absolute Gasteiger partial charge is 0.416 e. The van der Waals surface area contributed by atoms with Gasteiger partial charge in [0.05, 0.1) is 17.0 Å². The largest absolute Gasteiger partial charge is 0.481 e. The van der Waals surface area contributed by atoms with Gasteiger partial charge in [-0.3, -0.25) is 9.48 Å². The summed E-state index contributed by atoms with van der Waals surface area (Å²) in [7, 11) is 1.64. The van der Waals surface area contributed by atoms with E-state index in [4.69, 9.17) is 0 Å². The standard InChI is InChI=1S/C33H39F6N5O2.ClH/c1-3-43(17-21-8-10-23(11-9-21)30(45)46)29-15-25-7-5-4-6-24(25)14-26(29)19-44(31-40-20-42(2)41-31)18-22-12-27(32(34,35)36)16-28(13-22)33(37,38)39;/h12-16,20-21,23H,3-11,17-19H2,1-2H3,(H,45,46);1H. The molecule has 0 bridgehead atoms. The number of carboxylic acid groups (broad SMARTS) is 1. The number of benzene rings is 2. The van der Waals surface area contributed by atoms with Crippen LogP contribution in [0.5, 0.6) is 0 Å². The zero-order chi connectivity index (χ0) is 33.2. The van der Waals surface area contributed by atoms with Crippen LogP contribution in [0.15, 0.2) is 36.7 Å². The van der Waals surface area contributed by atoms with E-state index >= 15 is 0 Å². The van der Waals surface area contributed by atoms with Gasteiger partial charge >= 0.3 is 18.3 Å². The van der Waals surface area contributed by atoms with Crippen LogP contribution < -0.4 is 9.80 Å². The summed E-state index contributed by atoms with van der Waals surface area (Å²) in [6.45, 7) is 3.32. The van der Waals surface area contributed by atoms with Crippen LogP contribution in [-0.2, 0) is 50.1 Å². The number of aromatic nitrogens is 3. The Bertz CT molecular complexity index is 1500. The number of fused-ring (bicyclic) bond motifs is 1. The first kappa shape index (κ1) is 36.4. The van der Waals surface area contributed by atoms with Crippen molar-refractivity contribution < 1.29 is 36.2 Å². The molecule has 1 N–H and O–H groups in total. The van der Waals surface area contributed by atoms with Crippen LogP contribution in [0.3, 0.4) is 0 Å². The van der Waals surface area contributed by atoms with Crippen LogP contribution >= 0.6 is 12.4 Å². The molecule has 5 rings (SSSR count). The third kappa shape index (κ3) is 8.91. The minimum atomic E-state index is -4.96. The first-order valence-corrected chi connectivity index (χ1v) is 15.7. The summed E-state index contributed by atoms with van der Waals surface area (Å²) >= 11 is 0. The molecule has 47 heavy (non-hydrogen) atoms. The van der Waals surface area contributed by atoms with Crippen LogP contribution in [0.25, 0.3) is 0 Å². The predicted octanol–water partition coefficient (Wildman–Crippen LogP) is 8.08. The number of hydrogen-bond donors (Lipinski definition) is 1. The highest BCUT2D eigenvalue weighted by atomic mass is 35.5. The molecule has 1 aromatic heterocycles. The maximum Gasteiger partial charge on any atom is 0.416 e. The number of anilines is 2. The highest BCUT2D eigenvalue weighted by molar-refractivity contribution is 5.85. The summed E-state index contributed by atoms with van der Waals surface area (Å²) < 4.78 is 83.6. The van der Waals surface area contributed by atoms with Gasteiger partial charge in [-0.1, -0.05) is 6.07 Å². The van der Waals surface area contributed by atoms with Crippen molar-refractivity contribution in [2.24, 2.45) is 18.9 Å². The van der Waals surface area contributed by atoms with Crippen molar-refractivity contribution in [3.05, 3.63) is 70.0 Å². The maximum absolute atomic E-state index is 13.7. The first-order valence-electron chi connectivity index (χ1n) is 15.7. The summed E-state index contributed by atoms with van der Waals surface area (Å²) in [6, 6.07) is 5.95. The van der Waals surface area contributed by atoms with Gasteiger partial charge in [0.15, 0.2) is 0 Å². The average molecular weight is 688 g/mol. The van der Waals surface area contributed by atoms with Crippen molar-refractivity contribution in [2.75, 3.05) is 22.9 Å². The second-order valence-corrected chi connectivity index (χ2v) is 12.5. The van der Waals surface area contributed by atoms with E-state index < -0.39 is 29.4 Å². The molecule has 0 atom stereocenters. The third-order valence-corrected chi connectivity index (χ3v) is 9.19. The molecule has 2 aromatic carbocycles. The molecule has 7 nitrogen and oxygen atoms in total. The number of hydrogen-bond acceptors (Lipinski definition) is 5. The van der Waals surface area contributed by atoms with Crippen molar-refractivity contribution in [2.45, 2.75) is 83.7 Å². The molecule has 1 fully saturated rings. The van der Waals surface area contributed by atoms with Gasteiger partial charge in [0, 0.05) is 38.9 Å². The first-order chi connectivity index (χ1) is 21.7. The Hall–Kier alpha value is -3.48. The molecule has 1 heterocycles. The number of halogens is 7. The van der Waals surface area contributed by atoms with Crippen molar-refractivity contribution in [3.63, 3.8) is 0 Å². The molecular weight excluding hydrogens is 648 g/mol. The number of nitrogens with zero attached hydrogens (tertiary/aromatic N) is 5. The topological polar surface area (TPSA) is 74.5 Å². The quantitative estimate of drug-likeness (QED) is 0.217. The van der Waals surface area contributed by atoms with Crippen molar-refractivity contribution in [3.8, 4) is 0 Å². The Labute approximate surface area is 276 Å². The highest BCUT2D eigenvalue weighted by Gasteiger charge is 2.37. The van der Waals surface area contributed by atoms with Gasteiger partial charge in [0.25, 0.3) is 0 Å². The normalized spacial score (nSPS) is 18.3. The monoisotopic (exact) mass is 687 g/mol. The average Bonchev–Trinajstić information content (AvgIpc) is 3.44. The Balaban J connectivity index is 0.00000500. The molecule has 0 aliphatic heterocycles. The fourth-order valence-corrected chi connectivity index (χ4v) is 6.75. The Morgan fingerprint density at radius 3 is 2.00 bits per heavy atom. The highest BCUT2D eigenvalue weighted by Crippen LogP contribution is 2.38. The lowest BCUT2D eigenvalue weighted by Crippen LogP contribution is -2.34. The molecule has 14 heteroatoms. The van der Waals surface area contributed by atoms with E-state index in [1.54, 1.807) is 11.9 Å². The lowest BCUT2D eigenvalue weighted by molar-refractivity contribution is -0.144. The van der Waals surface area contributed by atoms with Gasteiger partial charge in [0.1, 0.15) is 6.33 Å². The molecule has 0 amide bonds. The van der Waals surface area contributed by atoms with E-state index in [1.807, 2.05) is 6.92 Å². The molecular formula is C33H40ClF6N5O2. The summed E-state index contributed by atoms with van der Waals surface area (Å²) in [4.78, 5) is 19.7. The summed E-state index contributed by atoms with van der Waals surface area (Å²) in [5, 5.41) is 13.8. The van der Waals surface area contributed by atoms with E-state index in [-0.39, 0.29) is 49.0 Å². The van der Waals surface area contributed by atoms with E-state index in [1.165, 1.54) is 22.1 Å². The zero-order valence-corrected chi connectivity index (χ0v) is 27.2. The Morgan fingerprint density at radius 2 is 1.49 bits per heavy atom. The van der Waals surface area contributed by atoms with Gasteiger partial charge in [-0.25, -0.2) is 4.98 Å². The minimum Gasteiger partial charge on any atom is -0.481 e. The van der Waals surface area contributed by atoms with E-state index in [0.717, 1.165) is 68.5 Å². The van der Waals surface area contributed by atoms with Crippen LogP contribution in [-0.4, -0.2) is 38.9 Å². The lowest BCUT2D eigenvalue weighted by Gasteiger charge is -2.35. The second kappa shape index (κ2) is 14.7. The number of rotatable bonds is 10. The SMILES string of the molecule is CCN(CC1CCC(C(=O)O)CC1)c1cc2c(cc1CN(Cc1cc(C(F)(F)F)cc(C(F)(F)F)c1)c1ncn(C)n1)CCCC2.Cl. The fourth-order valence-electron chi connectivity index (χ4n) is 6.75. The number of carboxylic acids is 1. The van der Waals surface area contributed by atoms with Crippen molar-refractivity contribution in [1.82, 2.24) is 14.8 Å². The van der Waals surface area contributed by atoms with Crippen molar-refractivity contribution >= 4 is 30.0 Å². The van der Waals surface area contributed by atoms with Crippen LogP contribution in [0.1, 0.15) is 78.8 Å². The van der Waals surface area contributed by atoms with Gasteiger partial charge in [-0.15, -0.1) is 17.5 Å². The Kier molecular flexibility index (Phi) is 11.4. The molecule has 3 aromatic rings. The Morgan fingerprint density at radius 1 is 0.894 bits per heavy atom. The third-order valence-electron chi connectivity index (χ3n) is 9.19. The van der Waals surface area contributed by atoms with E-state index in [9.17, 15) is 36.2 Å². The molecule has 2 aliphatic rings. The van der Waals surface area contributed by atoms with Gasteiger partial charge < -0.3 is 14.9 Å². The summed E-state index contributed by atoms with van der Waals surface area (Å²) in [6.07, 6.45) is -1.70. The van der Waals surface area contributed by atoms with Crippen molar-refractivity contribution in [1.29, 1.82) is 0 Å². The van der Waals surface area contributed by atoms with Crippen LogP contribution in [0.2, 0.25) is 0 Å². The number of alkyl halides is 6. The molecule has 0 unspecified atom stereocenters. The summed E-state index contributed by atoms with van der Waals surface area (Å²) in [5.41, 5.74) is 1.40. The van der Waals surface area contributed by atoms with Crippen LogP contribution in [0, 0.1) is 11.8 Å². The zero-order valence-electron chi connectivity index (χ0n) is 26.4. The van der Waals surface area contributed by atoms with Gasteiger partial charge in [0.2, 0.25) is 5.95 Å². The number of carbonyl (C=O) groups is 1. The number of aryl methyl sites for hydroxylation is 3. The number of aliphatic carboxylic acids is 1. The van der Waals surface area contributed by atoms with E-state index in [0.29, 0.717) is 25.3 Å². The van der Waals surface area contributed by atoms with Gasteiger partial charge in [-0.05, 0) is 111 Å². The molecule has 0 spiro atoms. The fraction of sp³-hybridized carbons (Fsp3) is 0.545. The predicted molar refractivity (Wildman–Crippen MR) is 169 cm³/mol. The minimum absolute atomic E-state index is 0. The van der Waals surface area contributed by atoms with E-state index in [2.05, 4.69) is 27.1 Å². The second-order valence-electron chi connectivity index (χ2n) is 12.5. The maximum atomic E-state index is 13.7. The lowest BCUT2D eigenvalue weighted by atomic mass is 9.81. The molecule has 2 aliphatic carbocycles. The molecule has 0 radical (unpaired) electrons. The molecule has 0 saturated heterocycles. The molecule has 258 valence electrons. The summed E-state index contributed by atoms with van der Waals surface area (Å²) in [5.74, 6) is -0.584. The van der Waals surface area contributed by atoms with Crippen LogP contribution in [0.4, 0.5) is 38.0 Å².